The molecular weight excluding hydrogens is 484 g/mol. The number of nitrogens with one attached hydrogen (secondary N) is 1. The third kappa shape index (κ3) is 4.89. The topological polar surface area (TPSA) is 81.1 Å². The molecule has 1 amide bonds. The van der Waals surface area contributed by atoms with Gasteiger partial charge in [-0.15, -0.1) is 0 Å². The van der Waals surface area contributed by atoms with E-state index in [2.05, 4.69) is 54.6 Å². The molecule has 0 bridgehead atoms. The lowest BCUT2D eigenvalue weighted by atomic mass is 10.3. The molecule has 0 unspecified atom stereocenters. The average Bonchev–Trinajstić information content (AvgIpc) is 3.48. The number of nitrogens with zero attached hydrogens (tertiary/aromatic N) is 5. The fraction of sp³-hybridized carbons (Fsp3) is 0.375. The van der Waals surface area contributed by atoms with Gasteiger partial charge in [-0.25, -0.2) is 4.98 Å². The number of hydrogen-bond acceptors (Lipinski definition) is 5. The quantitative estimate of drug-likeness (QED) is 0.346. The van der Waals surface area contributed by atoms with Crippen molar-refractivity contribution in [2.45, 2.75) is 40.8 Å². The highest BCUT2D eigenvalue weighted by Gasteiger charge is 2.18. The number of fused-ring (bicyclic) bond motifs is 1. The molecule has 0 spiro atoms. The van der Waals surface area contributed by atoms with Gasteiger partial charge in [-0.05, 0) is 67.1 Å². The molecule has 0 fully saturated rings. The summed E-state index contributed by atoms with van der Waals surface area (Å²) < 4.78 is 10.7. The van der Waals surface area contributed by atoms with Crippen molar-refractivity contribution in [3.8, 4) is 0 Å². The number of anilines is 1. The van der Waals surface area contributed by atoms with Crippen molar-refractivity contribution < 1.29 is 9.21 Å². The Hall–Kier alpha value is -2.91. The molecule has 0 aliphatic carbocycles. The van der Waals surface area contributed by atoms with E-state index in [9.17, 15) is 4.79 Å². The Bertz CT molecular complexity index is 1270. The number of amides is 1. The number of halogens is 1. The summed E-state index contributed by atoms with van der Waals surface area (Å²) >= 11 is 3.54. The molecule has 0 atom stereocenters. The molecule has 1 aromatic carbocycles. The van der Waals surface area contributed by atoms with Crippen LogP contribution >= 0.6 is 15.9 Å². The van der Waals surface area contributed by atoms with Crippen LogP contribution in [-0.2, 0) is 13.1 Å². The van der Waals surface area contributed by atoms with E-state index in [0.717, 1.165) is 53.1 Å². The molecule has 8 nitrogen and oxygen atoms in total. The maximum atomic E-state index is 13.0. The Labute approximate surface area is 201 Å². The van der Waals surface area contributed by atoms with Gasteiger partial charge in [0.15, 0.2) is 5.76 Å². The number of furan rings is 1. The Morgan fingerprint density at radius 1 is 1.15 bits per heavy atom. The molecule has 0 aliphatic heterocycles. The number of rotatable bonds is 9. The maximum Gasteiger partial charge on any atom is 0.293 e. The zero-order valence-corrected chi connectivity index (χ0v) is 21.0. The van der Waals surface area contributed by atoms with Crippen LogP contribution in [0.2, 0.25) is 0 Å². The number of benzene rings is 1. The van der Waals surface area contributed by atoms with Gasteiger partial charge in [-0.3, -0.25) is 14.8 Å². The van der Waals surface area contributed by atoms with Crippen LogP contribution in [0.25, 0.3) is 11.0 Å². The molecule has 0 aliphatic rings. The molecule has 174 valence electrons. The second kappa shape index (κ2) is 9.93. The first kappa shape index (κ1) is 23.3. The highest BCUT2D eigenvalue weighted by atomic mass is 79.9. The van der Waals surface area contributed by atoms with Gasteiger partial charge in [0.1, 0.15) is 5.76 Å². The summed E-state index contributed by atoms with van der Waals surface area (Å²) in [6, 6.07) is 11.4. The Morgan fingerprint density at radius 2 is 1.91 bits per heavy atom. The van der Waals surface area contributed by atoms with Crippen LogP contribution < -0.4 is 5.32 Å². The number of aromatic nitrogens is 4. The van der Waals surface area contributed by atoms with Crippen LogP contribution in [0.3, 0.4) is 0 Å². The zero-order chi connectivity index (χ0) is 23.5. The summed E-state index contributed by atoms with van der Waals surface area (Å²) in [6.07, 6.45) is 0. The maximum absolute atomic E-state index is 13.0. The molecule has 0 saturated carbocycles. The minimum Gasteiger partial charge on any atom is -0.454 e. The van der Waals surface area contributed by atoms with E-state index in [1.54, 1.807) is 6.07 Å². The first-order valence-corrected chi connectivity index (χ1v) is 12.0. The predicted octanol–water partition coefficient (Wildman–Crippen LogP) is 4.85. The molecule has 3 aromatic heterocycles. The highest BCUT2D eigenvalue weighted by molar-refractivity contribution is 9.10. The van der Waals surface area contributed by atoms with Crippen molar-refractivity contribution in [2.24, 2.45) is 0 Å². The lowest BCUT2D eigenvalue weighted by molar-refractivity contribution is 0.0993. The molecule has 0 saturated heterocycles. The van der Waals surface area contributed by atoms with E-state index in [0.29, 0.717) is 18.3 Å². The van der Waals surface area contributed by atoms with Crippen molar-refractivity contribution in [2.75, 3.05) is 25.0 Å². The highest BCUT2D eigenvalue weighted by Crippen LogP contribution is 2.23. The summed E-state index contributed by atoms with van der Waals surface area (Å²) in [5.74, 6) is 1.10. The van der Waals surface area contributed by atoms with E-state index in [4.69, 9.17) is 4.42 Å². The largest absolute Gasteiger partial charge is 0.454 e. The molecule has 3 heterocycles. The van der Waals surface area contributed by atoms with Gasteiger partial charge in [0, 0.05) is 13.1 Å². The molecule has 0 radical (unpaired) electrons. The van der Waals surface area contributed by atoms with Gasteiger partial charge in [0.2, 0.25) is 5.95 Å². The van der Waals surface area contributed by atoms with Crippen molar-refractivity contribution in [3.63, 3.8) is 0 Å². The van der Waals surface area contributed by atoms with Crippen molar-refractivity contribution in [1.29, 1.82) is 0 Å². The molecular formula is C24H29BrN6O2. The summed E-state index contributed by atoms with van der Waals surface area (Å²) in [5, 5.41) is 7.45. The van der Waals surface area contributed by atoms with Crippen molar-refractivity contribution in [1.82, 2.24) is 24.2 Å². The average molecular weight is 513 g/mol. The smallest absolute Gasteiger partial charge is 0.293 e. The predicted molar refractivity (Wildman–Crippen MR) is 133 cm³/mol. The molecule has 4 rings (SSSR count). The van der Waals surface area contributed by atoms with Gasteiger partial charge in [0.25, 0.3) is 5.91 Å². The van der Waals surface area contributed by atoms with Crippen LogP contribution in [-0.4, -0.2) is 49.8 Å². The third-order valence-corrected chi connectivity index (χ3v) is 7.05. The van der Waals surface area contributed by atoms with Crippen LogP contribution in [0.5, 0.6) is 0 Å². The Balaban J connectivity index is 1.53. The van der Waals surface area contributed by atoms with Crippen LogP contribution in [0, 0.1) is 13.8 Å². The first-order chi connectivity index (χ1) is 15.9. The number of carbonyl (C=O) groups excluding carboxylic acids is 1. The fourth-order valence-corrected chi connectivity index (χ4v) is 4.19. The van der Waals surface area contributed by atoms with Crippen LogP contribution in [0.15, 0.2) is 45.3 Å². The number of para-hydroxylation sites is 2. The summed E-state index contributed by atoms with van der Waals surface area (Å²) in [7, 11) is 0. The number of aryl methyl sites for hydroxylation is 1. The first-order valence-electron chi connectivity index (χ1n) is 11.2. The lowest BCUT2D eigenvalue weighted by Gasteiger charge is -2.19. The van der Waals surface area contributed by atoms with E-state index < -0.39 is 0 Å². The summed E-state index contributed by atoms with van der Waals surface area (Å²) in [4.78, 5) is 20.0. The number of likely N-dealkylation sites (N-methyl/N-ethyl adjacent to an activating group) is 1. The van der Waals surface area contributed by atoms with Gasteiger partial charge >= 0.3 is 0 Å². The minimum atomic E-state index is -0.324. The summed E-state index contributed by atoms with van der Waals surface area (Å²) in [6.45, 7) is 12.2. The van der Waals surface area contributed by atoms with Crippen LogP contribution in [0.4, 0.5) is 5.95 Å². The van der Waals surface area contributed by atoms with Gasteiger partial charge < -0.3 is 13.9 Å². The lowest BCUT2D eigenvalue weighted by Crippen LogP contribution is -2.27. The third-order valence-electron chi connectivity index (χ3n) is 5.90. The monoisotopic (exact) mass is 512 g/mol. The van der Waals surface area contributed by atoms with E-state index in [-0.39, 0.29) is 11.7 Å². The Morgan fingerprint density at radius 3 is 2.61 bits per heavy atom. The second-order valence-corrected chi connectivity index (χ2v) is 8.76. The normalized spacial score (nSPS) is 11.6. The van der Waals surface area contributed by atoms with E-state index in [1.807, 2.05) is 48.9 Å². The van der Waals surface area contributed by atoms with Gasteiger partial charge in [0.05, 0.1) is 33.4 Å². The molecule has 33 heavy (non-hydrogen) atoms. The summed E-state index contributed by atoms with van der Waals surface area (Å²) in [5.41, 5.74) is 3.77. The van der Waals surface area contributed by atoms with Crippen molar-refractivity contribution in [3.05, 3.63) is 63.8 Å². The SMILES string of the molecule is CCN(CC)CCn1c(NC(=O)c2ccc(Cn3nc(C)c(Br)c3C)o2)nc2ccccc21. The second-order valence-electron chi connectivity index (χ2n) is 7.97. The number of hydrogen-bond donors (Lipinski definition) is 1. The standard InChI is InChI=1S/C24H29BrN6O2/c1-5-29(6-2)13-14-30-20-10-8-7-9-19(20)26-24(30)27-23(32)21-12-11-18(33-21)15-31-17(4)22(25)16(3)28-31/h7-12H,5-6,13-15H2,1-4H3,(H,26,27,32). The molecule has 4 aromatic rings. The molecule has 1 N–H and O–H groups in total. The van der Waals surface area contributed by atoms with E-state index in [1.165, 1.54) is 0 Å². The Kier molecular flexibility index (Phi) is 6.99. The molecule has 9 heteroatoms. The van der Waals surface area contributed by atoms with Gasteiger partial charge in [-0.2, -0.15) is 5.10 Å². The van der Waals surface area contributed by atoms with Crippen molar-refractivity contribution >= 4 is 38.8 Å². The van der Waals surface area contributed by atoms with Gasteiger partial charge in [-0.1, -0.05) is 26.0 Å². The fourth-order valence-electron chi connectivity index (χ4n) is 3.90. The number of carbonyl (C=O) groups is 1. The van der Waals surface area contributed by atoms with E-state index >= 15 is 0 Å². The zero-order valence-electron chi connectivity index (χ0n) is 19.4. The minimum absolute atomic E-state index is 0.243. The number of imidazole rings is 1. The van der Waals surface area contributed by atoms with Crippen LogP contribution in [0.1, 0.15) is 41.6 Å².